The highest BCUT2D eigenvalue weighted by atomic mass is 16.3. The number of aliphatic hydroxyl groups excluding tert-OH is 2. The van der Waals surface area contributed by atoms with E-state index in [4.69, 9.17) is 10.2 Å². The van der Waals surface area contributed by atoms with Crippen LogP contribution in [0.5, 0.6) is 0 Å². The summed E-state index contributed by atoms with van der Waals surface area (Å²) in [6.07, 6.45) is -0.185. The van der Waals surface area contributed by atoms with Crippen molar-refractivity contribution in [3.05, 3.63) is 0 Å². The lowest BCUT2D eigenvalue weighted by molar-refractivity contribution is -0.873. The summed E-state index contributed by atoms with van der Waals surface area (Å²) in [6.45, 7) is 6.88. The smallest absolute Gasteiger partial charge is 0.104 e. The van der Waals surface area contributed by atoms with Crippen molar-refractivity contribution in [2.45, 2.75) is 26.9 Å². The molecule has 3 N–H and O–H groups in total. The van der Waals surface area contributed by atoms with Gasteiger partial charge < -0.3 is 20.2 Å². The number of nitrogens with zero attached hydrogens (tertiary/aromatic N) is 1. The molecule has 0 aromatic carbocycles. The molecule has 0 saturated heterocycles. The van der Waals surface area contributed by atoms with Gasteiger partial charge in [-0.15, -0.1) is 0 Å². The predicted octanol–water partition coefficient (Wildman–Crippen LogP) is 0.531. The van der Waals surface area contributed by atoms with Crippen molar-refractivity contribution in [3.8, 4) is 0 Å². The van der Waals surface area contributed by atoms with Crippen LogP contribution in [-0.4, -0.2) is 60.6 Å². The van der Waals surface area contributed by atoms with Crippen molar-refractivity contribution >= 4 is 0 Å². The van der Waals surface area contributed by atoms with Gasteiger partial charge in [-0.1, -0.05) is 13.8 Å². The van der Waals surface area contributed by atoms with Crippen LogP contribution in [0.1, 0.15) is 20.8 Å². The van der Waals surface area contributed by atoms with E-state index in [2.05, 4.69) is 21.1 Å². The Morgan fingerprint density at radius 3 is 1.36 bits per heavy atom. The van der Waals surface area contributed by atoms with E-state index >= 15 is 0 Å². The number of aliphatic hydroxyl groups is 2. The van der Waals surface area contributed by atoms with Gasteiger partial charge >= 0.3 is 0 Å². The molecule has 0 aliphatic rings. The minimum Gasteiger partial charge on any atom is -0.870 e. The molecule has 90 valence electrons. The highest BCUT2D eigenvalue weighted by molar-refractivity contribution is 4.39. The molecular weight excluding hydrogens is 182 g/mol. The fourth-order valence-electron chi connectivity index (χ4n) is 0.793. The molecule has 1 unspecified atom stereocenters. The Hall–Kier alpha value is -0.160. The standard InChI is InChI=1S/C6H16NO.C4H10O.H2O/c1-6(8)5-7(2,3)4;1-4(2)3-5;/h6,8H,5H2,1-4H3;4-5H,3H2,1-2H3;1H2/q+1;;/p-1. The van der Waals surface area contributed by atoms with Gasteiger partial charge in [0.25, 0.3) is 0 Å². The first-order valence-corrected chi connectivity index (χ1v) is 4.78. The van der Waals surface area contributed by atoms with Gasteiger partial charge in [-0.25, -0.2) is 0 Å². The van der Waals surface area contributed by atoms with Gasteiger partial charge in [0.15, 0.2) is 0 Å². The largest absolute Gasteiger partial charge is 0.870 e. The molecule has 0 heterocycles. The van der Waals surface area contributed by atoms with Gasteiger partial charge in [-0.3, -0.25) is 0 Å². The van der Waals surface area contributed by atoms with Gasteiger partial charge in [0.05, 0.1) is 21.1 Å². The Balaban J connectivity index is -0.000000177. The summed E-state index contributed by atoms with van der Waals surface area (Å²) in [6, 6.07) is 0. The van der Waals surface area contributed by atoms with E-state index in [1.807, 2.05) is 20.8 Å². The molecule has 4 nitrogen and oxygen atoms in total. The fourth-order valence-corrected chi connectivity index (χ4v) is 0.793. The number of rotatable bonds is 3. The van der Waals surface area contributed by atoms with Crippen LogP contribution in [0.2, 0.25) is 0 Å². The molecule has 0 saturated carbocycles. The predicted molar refractivity (Wildman–Crippen MR) is 58.4 cm³/mol. The normalized spacial score (nSPS) is 12.6. The maximum Gasteiger partial charge on any atom is 0.104 e. The molecule has 14 heavy (non-hydrogen) atoms. The third kappa shape index (κ3) is 29.7. The van der Waals surface area contributed by atoms with E-state index in [1.54, 1.807) is 0 Å². The topological polar surface area (TPSA) is 70.5 Å². The van der Waals surface area contributed by atoms with Gasteiger partial charge in [-0.05, 0) is 12.8 Å². The Kier molecular flexibility index (Phi) is 13.0. The summed E-state index contributed by atoms with van der Waals surface area (Å²) in [5.74, 6) is 0.440. The Morgan fingerprint density at radius 1 is 1.07 bits per heavy atom. The molecule has 0 radical (unpaired) electrons. The molecule has 0 aliphatic carbocycles. The molecule has 4 heteroatoms. The SMILES string of the molecule is CC(C)CO.CC(O)C[N+](C)(C)C.[OH-]. The second-order valence-electron chi connectivity index (χ2n) is 4.90. The van der Waals surface area contributed by atoms with Crippen molar-refractivity contribution in [1.82, 2.24) is 0 Å². The van der Waals surface area contributed by atoms with Crippen molar-refractivity contribution < 1.29 is 20.2 Å². The lowest BCUT2D eigenvalue weighted by atomic mass is 10.2. The monoisotopic (exact) mass is 209 g/mol. The van der Waals surface area contributed by atoms with Crippen LogP contribution in [0, 0.1) is 5.92 Å². The van der Waals surface area contributed by atoms with Gasteiger partial charge in [0.1, 0.15) is 12.6 Å². The Labute approximate surface area is 88.1 Å². The highest BCUT2D eigenvalue weighted by Gasteiger charge is 2.09. The number of hydrogen-bond acceptors (Lipinski definition) is 3. The zero-order chi connectivity index (χ0) is 11.1. The van der Waals surface area contributed by atoms with E-state index in [0.29, 0.717) is 12.5 Å². The summed E-state index contributed by atoms with van der Waals surface area (Å²) >= 11 is 0. The number of likely N-dealkylation sites (N-methyl/N-ethyl adjacent to an activating group) is 1. The summed E-state index contributed by atoms with van der Waals surface area (Å²) in [5.41, 5.74) is 0. The molecule has 0 aromatic heterocycles. The summed E-state index contributed by atoms with van der Waals surface area (Å²) in [5, 5.41) is 17.0. The van der Waals surface area contributed by atoms with Crippen LogP contribution < -0.4 is 0 Å². The molecular formula is C10H27NO3. The zero-order valence-corrected chi connectivity index (χ0v) is 10.4. The van der Waals surface area contributed by atoms with E-state index in [9.17, 15) is 0 Å². The van der Waals surface area contributed by atoms with E-state index in [1.165, 1.54) is 0 Å². The number of hydrogen-bond donors (Lipinski definition) is 2. The van der Waals surface area contributed by atoms with Crippen LogP contribution >= 0.6 is 0 Å². The van der Waals surface area contributed by atoms with Gasteiger partial charge in [0.2, 0.25) is 0 Å². The third-order valence-electron chi connectivity index (χ3n) is 1.18. The molecule has 0 amide bonds. The number of quaternary nitrogens is 1. The zero-order valence-electron chi connectivity index (χ0n) is 10.4. The summed E-state index contributed by atoms with van der Waals surface area (Å²) in [4.78, 5) is 0. The minimum absolute atomic E-state index is 0. The average Bonchev–Trinajstić information content (AvgIpc) is 1.83. The minimum atomic E-state index is -0.185. The summed E-state index contributed by atoms with van der Waals surface area (Å²) < 4.78 is 0.831. The van der Waals surface area contributed by atoms with Crippen molar-refractivity contribution in [2.24, 2.45) is 5.92 Å². The molecule has 0 fully saturated rings. The van der Waals surface area contributed by atoms with Crippen molar-refractivity contribution in [1.29, 1.82) is 0 Å². The molecule has 0 aromatic rings. The first-order valence-electron chi connectivity index (χ1n) is 4.78. The van der Waals surface area contributed by atoms with Gasteiger partial charge in [-0.2, -0.15) is 0 Å². The average molecular weight is 209 g/mol. The first kappa shape index (κ1) is 19.4. The maximum absolute atomic E-state index is 8.87. The quantitative estimate of drug-likeness (QED) is 0.666. The Morgan fingerprint density at radius 2 is 1.36 bits per heavy atom. The van der Waals surface area contributed by atoms with Crippen LogP contribution in [0.3, 0.4) is 0 Å². The van der Waals surface area contributed by atoms with Crippen LogP contribution in [0.15, 0.2) is 0 Å². The summed E-state index contributed by atoms with van der Waals surface area (Å²) in [7, 11) is 6.19. The van der Waals surface area contributed by atoms with Crippen molar-refractivity contribution in [2.75, 3.05) is 34.3 Å². The molecule has 0 rings (SSSR count). The second-order valence-corrected chi connectivity index (χ2v) is 4.90. The maximum atomic E-state index is 8.87. The first-order chi connectivity index (χ1) is 5.69. The van der Waals surface area contributed by atoms with Crippen LogP contribution in [0.4, 0.5) is 0 Å². The molecule has 0 spiro atoms. The Bertz CT molecular complexity index is 108. The fraction of sp³-hybridized carbons (Fsp3) is 1.00. The van der Waals surface area contributed by atoms with E-state index in [-0.39, 0.29) is 11.6 Å². The van der Waals surface area contributed by atoms with Gasteiger partial charge in [0, 0.05) is 6.61 Å². The van der Waals surface area contributed by atoms with E-state index in [0.717, 1.165) is 11.0 Å². The molecule has 1 atom stereocenters. The second kappa shape index (κ2) is 9.40. The van der Waals surface area contributed by atoms with Crippen LogP contribution in [-0.2, 0) is 0 Å². The van der Waals surface area contributed by atoms with Crippen LogP contribution in [0.25, 0.3) is 0 Å². The molecule has 0 aliphatic heterocycles. The molecule has 0 bridgehead atoms. The lowest BCUT2D eigenvalue weighted by Gasteiger charge is -2.24. The lowest BCUT2D eigenvalue weighted by Crippen LogP contribution is -2.40. The van der Waals surface area contributed by atoms with E-state index < -0.39 is 0 Å². The highest BCUT2D eigenvalue weighted by Crippen LogP contribution is 1.92. The third-order valence-corrected chi connectivity index (χ3v) is 1.18. The van der Waals surface area contributed by atoms with Crippen molar-refractivity contribution in [3.63, 3.8) is 0 Å².